The SMILES string of the molecule is Cc1ccc(N2C(=O)C[C@H]([NH2+]Cc3ccc(Cl)cc3Cl)C2=O)cc1. The molecule has 3 rings (SSSR count). The number of carbonyl (C=O) groups excluding carboxylic acids is 2. The molecule has 6 heteroatoms. The van der Waals surface area contributed by atoms with Gasteiger partial charge in [-0.05, 0) is 31.2 Å². The van der Waals surface area contributed by atoms with Gasteiger partial charge in [-0.2, -0.15) is 0 Å². The number of imide groups is 1. The molecule has 1 saturated heterocycles. The Morgan fingerprint density at radius 1 is 1.12 bits per heavy atom. The first kappa shape index (κ1) is 17.0. The van der Waals surface area contributed by atoms with E-state index in [1.165, 1.54) is 4.90 Å². The molecule has 1 atom stereocenters. The van der Waals surface area contributed by atoms with E-state index in [4.69, 9.17) is 23.2 Å². The average molecular weight is 364 g/mol. The lowest BCUT2D eigenvalue weighted by molar-refractivity contribution is -0.690. The molecule has 2 N–H and O–H groups in total. The van der Waals surface area contributed by atoms with Crippen LogP contribution in [0.3, 0.4) is 0 Å². The highest BCUT2D eigenvalue weighted by atomic mass is 35.5. The molecule has 0 aromatic heterocycles. The van der Waals surface area contributed by atoms with Gasteiger partial charge in [-0.15, -0.1) is 0 Å². The summed E-state index contributed by atoms with van der Waals surface area (Å²) < 4.78 is 0. The lowest BCUT2D eigenvalue weighted by Gasteiger charge is -2.14. The Labute approximate surface area is 150 Å². The Balaban J connectivity index is 1.71. The van der Waals surface area contributed by atoms with Crippen LogP contribution in [0.1, 0.15) is 17.5 Å². The van der Waals surface area contributed by atoms with Crippen LogP contribution in [0.4, 0.5) is 5.69 Å². The second-order valence-electron chi connectivity index (χ2n) is 5.89. The fourth-order valence-electron chi connectivity index (χ4n) is 2.76. The number of aryl methyl sites for hydroxylation is 1. The monoisotopic (exact) mass is 363 g/mol. The van der Waals surface area contributed by atoms with E-state index in [1.54, 1.807) is 24.3 Å². The van der Waals surface area contributed by atoms with E-state index in [2.05, 4.69) is 0 Å². The molecule has 2 aromatic carbocycles. The minimum absolute atomic E-state index is 0.174. The van der Waals surface area contributed by atoms with Gasteiger partial charge in [-0.3, -0.25) is 9.59 Å². The molecule has 0 unspecified atom stereocenters. The molecular formula is C18H17Cl2N2O2+. The third kappa shape index (κ3) is 3.46. The molecular weight excluding hydrogens is 347 g/mol. The number of carbonyl (C=O) groups is 2. The molecule has 0 spiro atoms. The van der Waals surface area contributed by atoms with Crippen molar-refractivity contribution in [2.24, 2.45) is 0 Å². The summed E-state index contributed by atoms with van der Waals surface area (Å²) in [5.74, 6) is -0.360. The number of nitrogens with two attached hydrogens (primary N) is 1. The summed E-state index contributed by atoms with van der Waals surface area (Å²) in [6.45, 7) is 2.48. The number of hydrogen-bond acceptors (Lipinski definition) is 2. The normalized spacial score (nSPS) is 17.6. The molecule has 0 radical (unpaired) electrons. The van der Waals surface area contributed by atoms with E-state index >= 15 is 0 Å². The van der Waals surface area contributed by atoms with Gasteiger partial charge in [0, 0.05) is 10.6 Å². The Hall–Kier alpha value is -1.88. The molecule has 1 fully saturated rings. The summed E-state index contributed by atoms with van der Waals surface area (Å²) in [7, 11) is 0. The van der Waals surface area contributed by atoms with Crippen molar-refractivity contribution in [3.63, 3.8) is 0 Å². The molecule has 4 nitrogen and oxygen atoms in total. The number of hydrogen-bond donors (Lipinski definition) is 1. The van der Waals surface area contributed by atoms with Gasteiger partial charge in [0.25, 0.3) is 5.91 Å². The summed E-state index contributed by atoms with van der Waals surface area (Å²) in [5.41, 5.74) is 2.59. The van der Waals surface area contributed by atoms with Crippen molar-refractivity contribution < 1.29 is 14.9 Å². The van der Waals surface area contributed by atoms with Crippen LogP contribution in [0.5, 0.6) is 0 Å². The number of halogens is 2. The van der Waals surface area contributed by atoms with Crippen molar-refractivity contribution in [2.75, 3.05) is 4.90 Å². The van der Waals surface area contributed by atoms with Crippen molar-refractivity contribution in [3.05, 3.63) is 63.6 Å². The number of quaternary nitrogens is 1. The van der Waals surface area contributed by atoms with Crippen LogP contribution in [-0.2, 0) is 16.1 Å². The van der Waals surface area contributed by atoms with Crippen molar-refractivity contribution >= 4 is 40.7 Å². The van der Waals surface area contributed by atoms with Crippen LogP contribution < -0.4 is 10.2 Å². The number of anilines is 1. The highest BCUT2D eigenvalue weighted by Gasteiger charge is 2.42. The van der Waals surface area contributed by atoms with E-state index in [9.17, 15) is 9.59 Å². The number of amides is 2. The fraction of sp³-hybridized carbons (Fsp3) is 0.222. The highest BCUT2D eigenvalue weighted by molar-refractivity contribution is 6.35. The summed E-state index contributed by atoms with van der Waals surface area (Å²) >= 11 is 12.0. The summed E-state index contributed by atoms with van der Waals surface area (Å²) in [6.07, 6.45) is 0.192. The Morgan fingerprint density at radius 3 is 2.50 bits per heavy atom. The van der Waals surface area contributed by atoms with Gasteiger partial charge < -0.3 is 5.32 Å². The summed E-state index contributed by atoms with van der Waals surface area (Å²) in [5, 5.41) is 2.98. The van der Waals surface area contributed by atoms with E-state index in [-0.39, 0.29) is 18.2 Å². The molecule has 2 aromatic rings. The largest absolute Gasteiger partial charge is 0.332 e. The van der Waals surface area contributed by atoms with Crippen molar-refractivity contribution in [2.45, 2.75) is 25.9 Å². The van der Waals surface area contributed by atoms with Gasteiger partial charge in [0.05, 0.1) is 17.1 Å². The number of rotatable bonds is 4. The first-order valence-electron chi connectivity index (χ1n) is 7.66. The second kappa shape index (κ2) is 6.93. The first-order valence-corrected chi connectivity index (χ1v) is 8.42. The Bertz CT molecular complexity index is 790. The molecule has 1 aliphatic rings. The lowest BCUT2D eigenvalue weighted by Crippen LogP contribution is -2.90. The smallest absolute Gasteiger partial charge is 0.292 e. The quantitative estimate of drug-likeness (QED) is 0.849. The molecule has 0 aliphatic carbocycles. The maximum absolute atomic E-state index is 12.6. The van der Waals surface area contributed by atoms with Crippen molar-refractivity contribution in [1.29, 1.82) is 0 Å². The van der Waals surface area contributed by atoms with E-state index in [1.807, 2.05) is 30.4 Å². The van der Waals surface area contributed by atoms with Crippen molar-refractivity contribution in [1.82, 2.24) is 0 Å². The second-order valence-corrected chi connectivity index (χ2v) is 6.73. The molecule has 1 heterocycles. The maximum atomic E-state index is 12.6. The van der Waals surface area contributed by atoms with Crippen LogP contribution in [0, 0.1) is 6.92 Å². The molecule has 124 valence electrons. The molecule has 2 amide bonds. The first-order chi connectivity index (χ1) is 11.5. The van der Waals surface area contributed by atoms with Gasteiger partial charge in [0.1, 0.15) is 6.54 Å². The summed E-state index contributed by atoms with van der Waals surface area (Å²) in [6, 6.07) is 12.2. The van der Waals surface area contributed by atoms with E-state index in [0.29, 0.717) is 22.3 Å². The zero-order valence-electron chi connectivity index (χ0n) is 13.1. The molecule has 24 heavy (non-hydrogen) atoms. The van der Waals surface area contributed by atoms with Crippen LogP contribution in [-0.4, -0.2) is 17.9 Å². The molecule has 1 aliphatic heterocycles. The average Bonchev–Trinajstić information content (AvgIpc) is 2.82. The fourth-order valence-corrected chi connectivity index (χ4v) is 3.25. The van der Waals surface area contributed by atoms with Crippen molar-refractivity contribution in [3.8, 4) is 0 Å². The number of benzene rings is 2. The van der Waals surface area contributed by atoms with Crippen LogP contribution in [0.15, 0.2) is 42.5 Å². The zero-order chi connectivity index (χ0) is 17.3. The Kier molecular flexibility index (Phi) is 4.90. The van der Waals surface area contributed by atoms with Gasteiger partial charge in [-0.25, -0.2) is 4.90 Å². The third-order valence-electron chi connectivity index (χ3n) is 4.11. The van der Waals surface area contributed by atoms with Gasteiger partial charge in [0.15, 0.2) is 6.04 Å². The predicted molar refractivity (Wildman–Crippen MR) is 94.2 cm³/mol. The molecule has 0 saturated carbocycles. The maximum Gasteiger partial charge on any atom is 0.292 e. The highest BCUT2D eigenvalue weighted by Crippen LogP contribution is 2.23. The topological polar surface area (TPSA) is 54.0 Å². The van der Waals surface area contributed by atoms with E-state index in [0.717, 1.165) is 11.1 Å². The minimum atomic E-state index is -0.425. The van der Waals surface area contributed by atoms with Gasteiger partial charge >= 0.3 is 0 Å². The summed E-state index contributed by atoms with van der Waals surface area (Å²) in [4.78, 5) is 26.1. The standard InChI is InChI=1S/C18H16Cl2N2O2/c1-11-2-6-14(7-3-11)22-17(23)9-16(18(22)24)21-10-12-4-5-13(19)8-15(12)20/h2-8,16,21H,9-10H2,1H3/p+1/t16-/m0/s1. The number of nitrogens with zero attached hydrogens (tertiary/aromatic N) is 1. The van der Waals surface area contributed by atoms with Crippen LogP contribution >= 0.6 is 23.2 Å². The minimum Gasteiger partial charge on any atom is -0.332 e. The van der Waals surface area contributed by atoms with Crippen LogP contribution in [0.25, 0.3) is 0 Å². The van der Waals surface area contributed by atoms with Gasteiger partial charge in [-0.1, -0.05) is 47.0 Å². The van der Waals surface area contributed by atoms with Gasteiger partial charge in [0.2, 0.25) is 5.91 Å². The lowest BCUT2D eigenvalue weighted by atomic mass is 10.2. The Morgan fingerprint density at radius 2 is 1.83 bits per heavy atom. The predicted octanol–water partition coefficient (Wildman–Crippen LogP) is 2.70. The molecule has 0 bridgehead atoms. The third-order valence-corrected chi connectivity index (χ3v) is 4.70. The van der Waals surface area contributed by atoms with E-state index < -0.39 is 6.04 Å². The zero-order valence-corrected chi connectivity index (χ0v) is 14.6. The van der Waals surface area contributed by atoms with Crippen LogP contribution in [0.2, 0.25) is 10.0 Å².